The van der Waals surface area contributed by atoms with Gasteiger partial charge in [0.05, 0.1) is 6.54 Å². The summed E-state index contributed by atoms with van der Waals surface area (Å²) in [6.07, 6.45) is 5.00. The normalized spacial score (nSPS) is 17.1. The summed E-state index contributed by atoms with van der Waals surface area (Å²) in [5.74, 6) is 3.03. The highest BCUT2D eigenvalue weighted by Crippen LogP contribution is 2.27. The van der Waals surface area contributed by atoms with E-state index in [-0.39, 0.29) is 0 Å². The van der Waals surface area contributed by atoms with Crippen LogP contribution in [0.25, 0.3) is 5.65 Å². The Morgan fingerprint density at radius 3 is 2.87 bits per heavy atom. The van der Waals surface area contributed by atoms with Gasteiger partial charge in [0.1, 0.15) is 5.82 Å². The van der Waals surface area contributed by atoms with E-state index < -0.39 is 0 Å². The van der Waals surface area contributed by atoms with Crippen LogP contribution in [0.15, 0.2) is 28.9 Å². The van der Waals surface area contributed by atoms with Gasteiger partial charge in [-0.2, -0.15) is 4.98 Å². The van der Waals surface area contributed by atoms with Gasteiger partial charge in [0.15, 0.2) is 11.5 Å². The number of aryl methyl sites for hydroxylation is 1. The molecule has 0 aromatic carbocycles. The minimum Gasteiger partial charge on any atom is -0.338 e. The van der Waals surface area contributed by atoms with Crippen LogP contribution in [0.5, 0.6) is 0 Å². The molecule has 120 valence electrons. The number of hydrogen-bond acceptors (Lipinski definition) is 6. The van der Waals surface area contributed by atoms with Crippen molar-refractivity contribution in [2.75, 3.05) is 13.1 Å². The third-order valence-electron chi connectivity index (χ3n) is 4.48. The maximum atomic E-state index is 5.29. The van der Waals surface area contributed by atoms with Gasteiger partial charge in [0.2, 0.25) is 5.89 Å². The molecule has 1 aliphatic rings. The molecule has 0 radical (unpaired) electrons. The zero-order chi connectivity index (χ0) is 15.6. The number of likely N-dealkylation sites (tertiary alicyclic amines) is 1. The molecule has 1 fully saturated rings. The Balaban J connectivity index is 1.40. The van der Waals surface area contributed by atoms with Crippen LogP contribution < -0.4 is 0 Å². The van der Waals surface area contributed by atoms with Gasteiger partial charge in [-0.05, 0) is 38.1 Å². The smallest absolute Gasteiger partial charge is 0.240 e. The van der Waals surface area contributed by atoms with Crippen molar-refractivity contribution >= 4 is 5.65 Å². The van der Waals surface area contributed by atoms with Gasteiger partial charge in [-0.3, -0.25) is 9.30 Å². The molecule has 4 heterocycles. The number of piperidine rings is 1. The van der Waals surface area contributed by atoms with Crippen LogP contribution in [0, 0.1) is 0 Å². The van der Waals surface area contributed by atoms with Crippen molar-refractivity contribution in [2.45, 2.75) is 38.6 Å². The van der Waals surface area contributed by atoms with Gasteiger partial charge in [-0.1, -0.05) is 18.1 Å². The Morgan fingerprint density at radius 2 is 2.09 bits per heavy atom. The first-order valence-electron chi connectivity index (χ1n) is 8.17. The maximum absolute atomic E-state index is 5.29. The molecule has 0 atom stereocenters. The molecule has 7 nitrogen and oxygen atoms in total. The van der Waals surface area contributed by atoms with E-state index in [1.54, 1.807) is 0 Å². The number of rotatable bonds is 4. The van der Waals surface area contributed by atoms with Crippen LogP contribution in [0.2, 0.25) is 0 Å². The average Bonchev–Trinajstić information content (AvgIpc) is 3.22. The minimum absolute atomic E-state index is 0.456. The highest BCUT2D eigenvalue weighted by molar-refractivity contribution is 5.37. The Labute approximate surface area is 134 Å². The Kier molecular flexibility index (Phi) is 3.78. The largest absolute Gasteiger partial charge is 0.338 e. The molecule has 0 aliphatic carbocycles. The van der Waals surface area contributed by atoms with Crippen LogP contribution in [0.4, 0.5) is 0 Å². The quantitative estimate of drug-likeness (QED) is 0.734. The first kappa shape index (κ1) is 14.3. The van der Waals surface area contributed by atoms with E-state index in [0.717, 1.165) is 56.2 Å². The minimum atomic E-state index is 0.456. The molecule has 0 unspecified atom stereocenters. The predicted molar refractivity (Wildman–Crippen MR) is 83.9 cm³/mol. The van der Waals surface area contributed by atoms with E-state index >= 15 is 0 Å². The van der Waals surface area contributed by atoms with E-state index in [1.807, 2.05) is 31.3 Å². The molecule has 4 rings (SSSR count). The van der Waals surface area contributed by atoms with Gasteiger partial charge in [-0.25, -0.2) is 0 Å². The maximum Gasteiger partial charge on any atom is 0.240 e. The summed E-state index contributed by atoms with van der Waals surface area (Å²) in [5, 5.41) is 12.6. The molecule has 0 amide bonds. The molecule has 0 N–H and O–H groups in total. The Hall–Kier alpha value is -2.28. The molecule has 0 saturated carbocycles. The van der Waals surface area contributed by atoms with E-state index in [2.05, 4.69) is 29.6 Å². The van der Waals surface area contributed by atoms with Crippen molar-refractivity contribution < 1.29 is 4.52 Å². The predicted octanol–water partition coefficient (Wildman–Crippen LogP) is 2.05. The van der Waals surface area contributed by atoms with E-state index in [1.165, 1.54) is 0 Å². The zero-order valence-electron chi connectivity index (χ0n) is 13.2. The van der Waals surface area contributed by atoms with E-state index in [4.69, 9.17) is 4.52 Å². The van der Waals surface area contributed by atoms with Crippen LogP contribution in [-0.2, 0) is 13.0 Å². The van der Waals surface area contributed by atoms with Gasteiger partial charge >= 0.3 is 0 Å². The number of fused-ring (bicyclic) bond motifs is 1. The highest BCUT2D eigenvalue weighted by Gasteiger charge is 2.25. The van der Waals surface area contributed by atoms with Crippen LogP contribution >= 0.6 is 0 Å². The fraction of sp³-hybridized carbons (Fsp3) is 0.500. The second kappa shape index (κ2) is 6.08. The molecular formula is C16H20N6O. The fourth-order valence-corrected chi connectivity index (χ4v) is 3.18. The molecule has 7 heteroatoms. The van der Waals surface area contributed by atoms with Gasteiger partial charge in [-0.15, -0.1) is 10.2 Å². The second-order valence-corrected chi connectivity index (χ2v) is 6.00. The first-order valence-corrected chi connectivity index (χ1v) is 8.17. The summed E-state index contributed by atoms with van der Waals surface area (Å²) in [6, 6.07) is 6.01. The molecule has 3 aromatic rings. The standard InChI is InChI=1S/C16H20N6O/c1-2-13-17-15(23-20-13)11-21-9-6-12(7-10-21)16-19-18-14-5-3-4-8-22(14)16/h3-5,8,12H,2,6-7,9-11H2,1H3. The van der Waals surface area contributed by atoms with Gasteiger partial charge in [0, 0.05) is 18.5 Å². The molecule has 3 aromatic heterocycles. The molecule has 1 saturated heterocycles. The van der Waals surface area contributed by atoms with Crippen molar-refractivity contribution in [3.8, 4) is 0 Å². The van der Waals surface area contributed by atoms with Gasteiger partial charge in [0.25, 0.3) is 0 Å². The third kappa shape index (κ3) is 2.84. The molecule has 23 heavy (non-hydrogen) atoms. The lowest BCUT2D eigenvalue weighted by molar-refractivity contribution is 0.178. The summed E-state index contributed by atoms with van der Waals surface area (Å²) in [5.41, 5.74) is 0.919. The Morgan fingerprint density at radius 1 is 1.22 bits per heavy atom. The zero-order valence-corrected chi connectivity index (χ0v) is 13.2. The van der Waals surface area contributed by atoms with Crippen molar-refractivity contribution in [1.82, 2.24) is 29.6 Å². The van der Waals surface area contributed by atoms with Crippen LogP contribution in [0.1, 0.15) is 43.2 Å². The molecular weight excluding hydrogens is 292 g/mol. The lowest BCUT2D eigenvalue weighted by Crippen LogP contribution is -2.33. The Bertz CT molecular complexity index is 787. The molecule has 0 spiro atoms. The third-order valence-corrected chi connectivity index (χ3v) is 4.48. The van der Waals surface area contributed by atoms with Gasteiger partial charge < -0.3 is 4.52 Å². The summed E-state index contributed by atoms with van der Waals surface area (Å²) in [4.78, 5) is 6.75. The number of aromatic nitrogens is 5. The van der Waals surface area contributed by atoms with Crippen molar-refractivity contribution in [1.29, 1.82) is 0 Å². The van der Waals surface area contributed by atoms with Crippen molar-refractivity contribution in [3.05, 3.63) is 41.9 Å². The highest BCUT2D eigenvalue weighted by atomic mass is 16.5. The van der Waals surface area contributed by atoms with Crippen LogP contribution in [0.3, 0.4) is 0 Å². The molecule has 0 bridgehead atoms. The van der Waals surface area contributed by atoms with Crippen LogP contribution in [-0.4, -0.2) is 42.7 Å². The summed E-state index contributed by atoms with van der Waals surface area (Å²) < 4.78 is 7.39. The lowest BCUT2D eigenvalue weighted by atomic mass is 9.96. The first-order chi connectivity index (χ1) is 11.3. The van der Waals surface area contributed by atoms with Crippen molar-refractivity contribution in [2.24, 2.45) is 0 Å². The van der Waals surface area contributed by atoms with Crippen molar-refractivity contribution in [3.63, 3.8) is 0 Å². The molecule has 1 aliphatic heterocycles. The fourth-order valence-electron chi connectivity index (χ4n) is 3.18. The number of nitrogens with zero attached hydrogens (tertiary/aromatic N) is 6. The number of pyridine rings is 1. The lowest BCUT2D eigenvalue weighted by Gasteiger charge is -2.29. The summed E-state index contributed by atoms with van der Waals surface area (Å²) in [6.45, 7) is 4.79. The van der Waals surface area contributed by atoms with E-state index in [0.29, 0.717) is 11.8 Å². The SMILES string of the molecule is CCc1noc(CN2CCC(c3nnc4ccccn34)CC2)n1. The summed E-state index contributed by atoms with van der Waals surface area (Å²) in [7, 11) is 0. The topological polar surface area (TPSA) is 72.4 Å². The van der Waals surface area contributed by atoms with E-state index in [9.17, 15) is 0 Å². The monoisotopic (exact) mass is 312 g/mol. The average molecular weight is 312 g/mol. The summed E-state index contributed by atoms with van der Waals surface area (Å²) >= 11 is 0. The second-order valence-electron chi connectivity index (χ2n) is 6.00. The number of hydrogen-bond donors (Lipinski definition) is 0.